The molecule has 0 aliphatic rings. The largest absolute Gasteiger partial charge is 0.478 e. The maximum Gasteiger partial charge on any atom is 0.337 e. The number of nitrogens with one attached hydrogen (secondary N) is 1. The second kappa shape index (κ2) is 5.65. The van der Waals surface area contributed by atoms with E-state index in [1.807, 2.05) is 0 Å². The van der Waals surface area contributed by atoms with Crippen LogP contribution >= 0.6 is 23.2 Å². The summed E-state index contributed by atoms with van der Waals surface area (Å²) in [5.74, 6) is -1.48. The number of carboxylic acid groups (broad SMARTS) is 1. The van der Waals surface area contributed by atoms with Gasteiger partial charge in [-0.05, 0) is 12.1 Å². The summed E-state index contributed by atoms with van der Waals surface area (Å²) in [4.78, 5) is 21.6. The number of hydrogen-bond donors (Lipinski definition) is 2. The molecule has 1 rings (SSSR count). The number of nitrogens with zero attached hydrogens (tertiary/aromatic N) is 1. The summed E-state index contributed by atoms with van der Waals surface area (Å²) < 4.78 is 0. The number of benzene rings is 1. The van der Waals surface area contributed by atoms with Crippen molar-refractivity contribution in [3.05, 3.63) is 27.7 Å². The first-order valence-corrected chi connectivity index (χ1v) is 5.19. The maximum atomic E-state index is 10.9. The minimum absolute atomic E-state index is 0.0843. The van der Waals surface area contributed by atoms with Crippen molar-refractivity contribution in [2.24, 2.45) is 5.10 Å². The van der Waals surface area contributed by atoms with Crippen molar-refractivity contribution in [2.45, 2.75) is 6.92 Å². The summed E-state index contributed by atoms with van der Waals surface area (Å²) in [7, 11) is 0. The van der Waals surface area contributed by atoms with Gasteiger partial charge in [0.1, 0.15) is 0 Å². The Balaban J connectivity index is 3.13. The quantitative estimate of drug-likeness (QED) is 0.654. The molecule has 0 fully saturated rings. The smallest absolute Gasteiger partial charge is 0.337 e. The van der Waals surface area contributed by atoms with E-state index < -0.39 is 5.97 Å². The molecule has 5 nitrogen and oxygen atoms in total. The van der Waals surface area contributed by atoms with Gasteiger partial charge in [0.05, 0.1) is 22.5 Å². The molecule has 90 valence electrons. The predicted molar refractivity (Wildman–Crippen MR) is 66.2 cm³/mol. The molecule has 0 saturated carbocycles. The van der Waals surface area contributed by atoms with Crippen LogP contribution in [-0.2, 0) is 4.79 Å². The second-order valence-electron chi connectivity index (χ2n) is 3.10. The Labute approximate surface area is 107 Å². The lowest BCUT2D eigenvalue weighted by molar-refractivity contribution is -0.110. The number of aromatic carboxylic acids is 1. The summed E-state index contributed by atoms with van der Waals surface area (Å²) in [5, 5.41) is 12.8. The van der Waals surface area contributed by atoms with Crippen LogP contribution in [0.25, 0.3) is 0 Å². The zero-order valence-electron chi connectivity index (χ0n) is 8.70. The minimum atomic E-state index is -1.20. The number of hydrazone groups is 1. The van der Waals surface area contributed by atoms with Gasteiger partial charge in [0, 0.05) is 11.9 Å². The molecule has 0 heterocycles. The van der Waals surface area contributed by atoms with E-state index in [0.717, 1.165) is 6.21 Å². The molecule has 0 saturated heterocycles. The summed E-state index contributed by atoms with van der Waals surface area (Å²) in [6, 6.07) is 2.61. The van der Waals surface area contributed by atoms with Gasteiger partial charge in [0.15, 0.2) is 5.78 Å². The van der Waals surface area contributed by atoms with Crippen LogP contribution in [0.1, 0.15) is 17.3 Å². The summed E-state index contributed by atoms with van der Waals surface area (Å²) >= 11 is 11.5. The number of rotatable bonds is 4. The third-order valence-electron chi connectivity index (χ3n) is 1.71. The van der Waals surface area contributed by atoms with Crippen LogP contribution in [0.4, 0.5) is 5.69 Å². The SMILES string of the molecule is CC(=O)/C=N/Nc1c(Cl)cc(Cl)cc1C(=O)O. The van der Waals surface area contributed by atoms with Crippen molar-refractivity contribution < 1.29 is 14.7 Å². The zero-order chi connectivity index (χ0) is 13.0. The van der Waals surface area contributed by atoms with Gasteiger partial charge in [0.2, 0.25) is 0 Å². The normalized spacial score (nSPS) is 10.5. The van der Waals surface area contributed by atoms with E-state index in [2.05, 4.69) is 10.5 Å². The molecule has 7 heteroatoms. The lowest BCUT2D eigenvalue weighted by atomic mass is 10.2. The van der Waals surface area contributed by atoms with Gasteiger partial charge in [-0.15, -0.1) is 0 Å². The number of carbonyl (C=O) groups excluding carboxylic acids is 1. The highest BCUT2D eigenvalue weighted by molar-refractivity contribution is 6.37. The van der Waals surface area contributed by atoms with Crippen molar-refractivity contribution in [1.82, 2.24) is 0 Å². The molecular weight excluding hydrogens is 267 g/mol. The predicted octanol–water partition coefficient (Wildman–Crippen LogP) is 2.68. The number of anilines is 1. The first-order valence-electron chi connectivity index (χ1n) is 4.44. The molecule has 0 unspecified atom stereocenters. The van der Waals surface area contributed by atoms with Gasteiger partial charge < -0.3 is 5.11 Å². The molecule has 2 N–H and O–H groups in total. The van der Waals surface area contributed by atoms with E-state index in [1.54, 1.807) is 0 Å². The Bertz CT molecular complexity index is 501. The lowest BCUT2D eigenvalue weighted by Gasteiger charge is -2.07. The van der Waals surface area contributed by atoms with Crippen LogP contribution in [0.3, 0.4) is 0 Å². The van der Waals surface area contributed by atoms with E-state index in [1.165, 1.54) is 19.1 Å². The zero-order valence-corrected chi connectivity index (χ0v) is 10.2. The average molecular weight is 275 g/mol. The maximum absolute atomic E-state index is 10.9. The molecule has 0 atom stereocenters. The molecule has 0 radical (unpaired) electrons. The molecule has 1 aromatic carbocycles. The van der Waals surface area contributed by atoms with Crippen LogP contribution in [0, 0.1) is 0 Å². The summed E-state index contributed by atoms with van der Waals surface area (Å²) in [5.41, 5.74) is 2.36. The number of hydrogen-bond acceptors (Lipinski definition) is 4. The first kappa shape index (κ1) is 13.5. The second-order valence-corrected chi connectivity index (χ2v) is 3.94. The Morgan fingerprint density at radius 1 is 1.41 bits per heavy atom. The molecule has 17 heavy (non-hydrogen) atoms. The molecule has 0 aliphatic carbocycles. The fraction of sp³-hybridized carbons (Fsp3) is 0.100. The Hall–Kier alpha value is -1.59. The third kappa shape index (κ3) is 3.72. The Kier molecular flexibility index (Phi) is 4.48. The fourth-order valence-corrected chi connectivity index (χ4v) is 1.58. The van der Waals surface area contributed by atoms with Crippen LogP contribution in [0.2, 0.25) is 10.0 Å². The summed E-state index contributed by atoms with van der Waals surface area (Å²) in [6.07, 6.45) is 1.01. The van der Waals surface area contributed by atoms with Crippen LogP contribution < -0.4 is 5.43 Å². The molecule has 1 aromatic rings. The van der Waals surface area contributed by atoms with Gasteiger partial charge in [-0.25, -0.2) is 4.79 Å². The van der Waals surface area contributed by atoms with Gasteiger partial charge >= 0.3 is 5.97 Å². The van der Waals surface area contributed by atoms with Gasteiger partial charge in [0.25, 0.3) is 0 Å². The van der Waals surface area contributed by atoms with E-state index in [4.69, 9.17) is 28.3 Å². The number of halogens is 2. The molecule has 0 aromatic heterocycles. The molecular formula is C10H8Cl2N2O3. The van der Waals surface area contributed by atoms with Crippen molar-refractivity contribution in [2.75, 3.05) is 5.43 Å². The van der Waals surface area contributed by atoms with E-state index in [9.17, 15) is 9.59 Å². The summed E-state index contributed by atoms with van der Waals surface area (Å²) in [6.45, 7) is 1.31. The van der Waals surface area contributed by atoms with Gasteiger partial charge in [-0.1, -0.05) is 23.2 Å². The van der Waals surface area contributed by atoms with Gasteiger partial charge in [-0.2, -0.15) is 5.10 Å². The van der Waals surface area contributed by atoms with Crippen LogP contribution in [0.5, 0.6) is 0 Å². The average Bonchev–Trinajstić information content (AvgIpc) is 2.19. The highest BCUT2D eigenvalue weighted by Gasteiger charge is 2.14. The molecule has 0 bridgehead atoms. The van der Waals surface area contributed by atoms with Crippen LogP contribution in [-0.4, -0.2) is 23.1 Å². The van der Waals surface area contributed by atoms with Crippen LogP contribution in [0.15, 0.2) is 17.2 Å². The fourth-order valence-electron chi connectivity index (χ4n) is 1.04. The first-order chi connectivity index (χ1) is 7.91. The number of ketones is 1. The standard InChI is InChI=1S/C10H8Cl2N2O3/c1-5(15)4-13-14-9-7(10(16)17)2-6(11)3-8(9)12/h2-4,14H,1H3,(H,16,17)/b13-4+. The minimum Gasteiger partial charge on any atom is -0.478 e. The van der Waals surface area contributed by atoms with Crippen molar-refractivity contribution >= 4 is 46.9 Å². The van der Waals surface area contributed by atoms with Crippen molar-refractivity contribution in [3.8, 4) is 0 Å². The lowest BCUT2D eigenvalue weighted by Crippen LogP contribution is -2.04. The highest BCUT2D eigenvalue weighted by atomic mass is 35.5. The number of Topliss-reactive ketones (excluding diaryl/α,β-unsaturated/α-hetero) is 1. The van der Waals surface area contributed by atoms with E-state index in [-0.39, 0.29) is 27.1 Å². The third-order valence-corrected chi connectivity index (χ3v) is 2.22. The molecule has 0 spiro atoms. The monoisotopic (exact) mass is 274 g/mol. The molecule has 0 aliphatic heterocycles. The number of carboxylic acids is 1. The highest BCUT2D eigenvalue weighted by Crippen LogP contribution is 2.30. The Morgan fingerprint density at radius 2 is 2.06 bits per heavy atom. The van der Waals surface area contributed by atoms with E-state index >= 15 is 0 Å². The van der Waals surface area contributed by atoms with E-state index in [0.29, 0.717) is 0 Å². The van der Waals surface area contributed by atoms with Gasteiger partial charge in [-0.3, -0.25) is 10.2 Å². The topological polar surface area (TPSA) is 78.8 Å². The Morgan fingerprint density at radius 3 is 2.59 bits per heavy atom. The van der Waals surface area contributed by atoms with Crippen molar-refractivity contribution in [1.29, 1.82) is 0 Å². The molecule has 0 amide bonds. The van der Waals surface area contributed by atoms with Crippen molar-refractivity contribution in [3.63, 3.8) is 0 Å². The number of carbonyl (C=O) groups is 2.